The lowest BCUT2D eigenvalue weighted by Gasteiger charge is -2.60. The summed E-state index contributed by atoms with van der Waals surface area (Å²) in [6.07, 6.45) is 0.327. The van der Waals surface area contributed by atoms with Gasteiger partial charge in [-0.2, -0.15) is 0 Å². The number of fused-ring (bicyclic) bond motifs is 2. The van der Waals surface area contributed by atoms with Crippen molar-refractivity contribution in [3.05, 3.63) is 11.1 Å². The summed E-state index contributed by atoms with van der Waals surface area (Å²) in [4.78, 5) is 12.0. The fourth-order valence-electron chi connectivity index (χ4n) is 7.07. The Morgan fingerprint density at radius 1 is 1.21 bits per heavy atom. The quantitative estimate of drug-likeness (QED) is 0.464. The van der Waals surface area contributed by atoms with Crippen molar-refractivity contribution in [3.8, 4) is 0 Å². The van der Waals surface area contributed by atoms with Gasteiger partial charge in [0.25, 0.3) is 0 Å². The summed E-state index contributed by atoms with van der Waals surface area (Å²) in [6, 6.07) is 0. The SMILES string of the molecule is CC.CC(C)C1C[C@@H]2O[C@@]23[C@@]2(C)C[C@H](O)C4=C(COC4=O)C2CC[C@@]3(O)[C@@H]1O. The molecule has 3 aliphatic carbocycles. The number of esters is 1. The summed E-state index contributed by atoms with van der Waals surface area (Å²) >= 11 is 0. The van der Waals surface area contributed by atoms with Crippen molar-refractivity contribution in [2.45, 2.75) is 89.8 Å². The maximum Gasteiger partial charge on any atom is 0.337 e. The van der Waals surface area contributed by atoms with Gasteiger partial charge in [-0.3, -0.25) is 0 Å². The van der Waals surface area contributed by atoms with Crippen LogP contribution in [0.1, 0.15) is 60.3 Å². The molecule has 158 valence electrons. The van der Waals surface area contributed by atoms with Crippen molar-refractivity contribution in [2.24, 2.45) is 23.2 Å². The second-order valence-corrected chi connectivity index (χ2v) is 9.60. The maximum absolute atomic E-state index is 12.0. The zero-order chi connectivity index (χ0) is 20.6. The number of aliphatic hydroxyl groups is 3. The summed E-state index contributed by atoms with van der Waals surface area (Å²) in [6.45, 7) is 10.4. The number of aliphatic hydroxyl groups excluding tert-OH is 2. The molecule has 0 aromatic rings. The molecule has 0 amide bonds. The van der Waals surface area contributed by atoms with Crippen molar-refractivity contribution in [3.63, 3.8) is 0 Å². The Balaban J connectivity index is 0.000000932. The third-order valence-electron chi connectivity index (χ3n) is 8.33. The minimum atomic E-state index is -1.31. The molecule has 8 atom stereocenters. The van der Waals surface area contributed by atoms with Crippen LogP contribution in [0.4, 0.5) is 0 Å². The molecule has 3 N–H and O–H groups in total. The maximum atomic E-state index is 12.0. The minimum Gasteiger partial charge on any atom is -0.458 e. The van der Waals surface area contributed by atoms with Crippen LogP contribution in [0.5, 0.6) is 0 Å². The summed E-state index contributed by atoms with van der Waals surface area (Å²) in [5, 5.41) is 33.5. The van der Waals surface area contributed by atoms with Crippen molar-refractivity contribution >= 4 is 5.97 Å². The van der Waals surface area contributed by atoms with Crippen LogP contribution in [0.15, 0.2) is 11.1 Å². The monoisotopic (exact) mass is 394 g/mol. The van der Waals surface area contributed by atoms with Gasteiger partial charge in [0, 0.05) is 5.41 Å². The van der Waals surface area contributed by atoms with Crippen LogP contribution in [-0.4, -0.2) is 57.4 Å². The molecule has 2 unspecified atom stereocenters. The van der Waals surface area contributed by atoms with E-state index in [0.29, 0.717) is 24.8 Å². The number of hydrogen-bond acceptors (Lipinski definition) is 6. The largest absolute Gasteiger partial charge is 0.458 e. The van der Waals surface area contributed by atoms with Gasteiger partial charge < -0.3 is 24.8 Å². The van der Waals surface area contributed by atoms with Gasteiger partial charge in [0.05, 0.1) is 23.9 Å². The number of carbonyl (C=O) groups excluding carboxylic acids is 1. The van der Waals surface area contributed by atoms with E-state index in [2.05, 4.69) is 20.8 Å². The standard InChI is InChI=1S/C20H28O6.C2H6/c1-9(2)10-6-14-20(26-14)18(3)7-13(21)15-11(8-25-17(15)23)12(18)4-5-19(20,24)16(10)22;1-2/h9-10,12-14,16,21-22,24H,4-8H2,1-3H3;1-2H3/t10?,12?,13-,14-,16+,18-,19+,20+;/m0./s1. The highest BCUT2D eigenvalue weighted by molar-refractivity contribution is 5.93. The summed E-state index contributed by atoms with van der Waals surface area (Å²) in [7, 11) is 0. The Morgan fingerprint density at radius 3 is 2.54 bits per heavy atom. The highest BCUT2D eigenvalue weighted by Gasteiger charge is 2.84. The molecule has 6 heteroatoms. The van der Waals surface area contributed by atoms with Gasteiger partial charge in [-0.25, -0.2) is 4.79 Å². The Hall–Kier alpha value is -0.950. The number of epoxide rings is 1. The van der Waals surface area contributed by atoms with Crippen LogP contribution in [0.25, 0.3) is 0 Å². The normalized spacial score (nSPS) is 51.3. The first kappa shape index (κ1) is 20.3. The van der Waals surface area contributed by atoms with E-state index in [1.165, 1.54) is 0 Å². The summed E-state index contributed by atoms with van der Waals surface area (Å²) in [5.74, 6) is -0.126. The molecule has 0 bridgehead atoms. The molecule has 5 rings (SSSR count). The molecular weight excluding hydrogens is 360 g/mol. The number of rotatable bonds is 1. The highest BCUT2D eigenvalue weighted by Crippen LogP contribution is 2.73. The van der Waals surface area contributed by atoms with E-state index >= 15 is 0 Å². The van der Waals surface area contributed by atoms with Gasteiger partial charge in [-0.1, -0.05) is 34.6 Å². The zero-order valence-corrected chi connectivity index (χ0v) is 17.6. The van der Waals surface area contributed by atoms with Crippen molar-refractivity contribution in [2.75, 3.05) is 6.61 Å². The Morgan fingerprint density at radius 2 is 1.89 bits per heavy atom. The van der Waals surface area contributed by atoms with Gasteiger partial charge in [0.1, 0.15) is 17.8 Å². The molecule has 2 heterocycles. The van der Waals surface area contributed by atoms with Crippen LogP contribution in [-0.2, 0) is 14.3 Å². The molecular formula is C22H34O6. The summed E-state index contributed by atoms with van der Waals surface area (Å²) < 4.78 is 11.5. The van der Waals surface area contributed by atoms with E-state index in [1.807, 2.05) is 13.8 Å². The molecule has 3 fully saturated rings. The molecule has 5 aliphatic rings. The lowest BCUT2D eigenvalue weighted by Crippen LogP contribution is -2.72. The molecule has 1 saturated heterocycles. The number of hydrogen-bond donors (Lipinski definition) is 3. The molecule has 6 nitrogen and oxygen atoms in total. The second kappa shape index (κ2) is 6.27. The lowest BCUT2D eigenvalue weighted by atomic mass is 9.45. The second-order valence-electron chi connectivity index (χ2n) is 9.60. The minimum absolute atomic E-state index is 0.000423. The molecule has 2 saturated carbocycles. The predicted octanol–water partition coefficient (Wildman–Crippen LogP) is 1.95. The van der Waals surface area contributed by atoms with Crippen LogP contribution in [0, 0.1) is 23.2 Å². The van der Waals surface area contributed by atoms with Gasteiger partial charge in [0.2, 0.25) is 0 Å². The first-order valence-electron chi connectivity index (χ1n) is 10.8. The zero-order valence-electron chi connectivity index (χ0n) is 17.6. The summed E-state index contributed by atoms with van der Waals surface area (Å²) in [5.41, 5.74) is -1.39. The number of carbonyl (C=O) groups is 1. The number of ether oxygens (including phenoxy) is 2. The first-order valence-corrected chi connectivity index (χ1v) is 10.8. The van der Waals surface area contributed by atoms with Crippen LogP contribution in [0.2, 0.25) is 0 Å². The molecule has 0 aromatic carbocycles. The van der Waals surface area contributed by atoms with E-state index in [4.69, 9.17) is 9.47 Å². The van der Waals surface area contributed by atoms with Gasteiger partial charge >= 0.3 is 5.97 Å². The average molecular weight is 395 g/mol. The molecule has 0 radical (unpaired) electrons. The van der Waals surface area contributed by atoms with E-state index in [9.17, 15) is 20.1 Å². The van der Waals surface area contributed by atoms with Crippen LogP contribution < -0.4 is 0 Å². The fourth-order valence-corrected chi connectivity index (χ4v) is 7.07. The fraction of sp³-hybridized carbons (Fsp3) is 0.864. The van der Waals surface area contributed by atoms with Crippen molar-refractivity contribution in [1.29, 1.82) is 0 Å². The lowest BCUT2D eigenvalue weighted by molar-refractivity contribution is -0.223. The van der Waals surface area contributed by atoms with Crippen LogP contribution >= 0.6 is 0 Å². The van der Waals surface area contributed by atoms with Gasteiger partial charge in [0.15, 0.2) is 0 Å². The van der Waals surface area contributed by atoms with Gasteiger partial charge in [-0.15, -0.1) is 0 Å². The topological polar surface area (TPSA) is 99.5 Å². The third-order valence-corrected chi connectivity index (χ3v) is 8.33. The highest BCUT2D eigenvalue weighted by atomic mass is 16.6. The predicted molar refractivity (Wildman–Crippen MR) is 102 cm³/mol. The molecule has 1 spiro atoms. The van der Waals surface area contributed by atoms with Gasteiger partial charge in [-0.05, 0) is 49.0 Å². The molecule has 28 heavy (non-hydrogen) atoms. The smallest absolute Gasteiger partial charge is 0.337 e. The van der Waals surface area contributed by atoms with E-state index in [1.54, 1.807) is 0 Å². The van der Waals surface area contributed by atoms with E-state index < -0.39 is 34.8 Å². The first-order chi connectivity index (χ1) is 13.2. The van der Waals surface area contributed by atoms with Crippen molar-refractivity contribution in [1.82, 2.24) is 0 Å². The molecule has 2 aliphatic heterocycles. The number of cyclic esters (lactones) is 1. The van der Waals surface area contributed by atoms with E-state index in [-0.39, 0.29) is 30.5 Å². The van der Waals surface area contributed by atoms with Crippen molar-refractivity contribution < 1.29 is 29.6 Å². The Bertz CT molecular complexity index is 716. The van der Waals surface area contributed by atoms with E-state index in [0.717, 1.165) is 12.0 Å². The Labute approximate surface area is 166 Å². The average Bonchev–Trinajstić information content (AvgIpc) is 3.28. The van der Waals surface area contributed by atoms with Crippen LogP contribution in [0.3, 0.4) is 0 Å². The Kier molecular flexibility index (Phi) is 4.55. The molecule has 0 aromatic heterocycles. The third kappa shape index (κ3) is 2.15.